The van der Waals surface area contributed by atoms with Crippen molar-refractivity contribution < 1.29 is 9.59 Å². The van der Waals surface area contributed by atoms with E-state index in [1.807, 2.05) is 24.3 Å². The quantitative estimate of drug-likeness (QED) is 0.878. The van der Waals surface area contributed by atoms with Gasteiger partial charge in [-0.15, -0.1) is 11.3 Å². The predicted octanol–water partition coefficient (Wildman–Crippen LogP) is 2.66. The van der Waals surface area contributed by atoms with Gasteiger partial charge in [0.05, 0.1) is 10.6 Å². The maximum absolute atomic E-state index is 12.6. The number of halogens is 1. The zero-order valence-corrected chi connectivity index (χ0v) is 12.8. The molecule has 108 valence electrons. The molecule has 2 aromatic rings. The summed E-state index contributed by atoms with van der Waals surface area (Å²) >= 11 is 7.78. The lowest BCUT2D eigenvalue weighted by Crippen LogP contribution is -2.68. The summed E-state index contributed by atoms with van der Waals surface area (Å²) < 4.78 is 1.02. The summed E-state index contributed by atoms with van der Waals surface area (Å²) in [6.07, 6.45) is 1.38. The standard InChI is InChI=1S/C15H13ClN2O2S/c16-12-9-3-1-2-4-10(9)21-13(12)14(20)18-7-15(8-18)6-5-11(19)17-15/h1-4H,5-8H2,(H,17,19). The van der Waals surface area contributed by atoms with E-state index in [2.05, 4.69) is 5.32 Å². The van der Waals surface area contributed by atoms with Crippen LogP contribution in [-0.2, 0) is 4.79 Å². The smallest absolute Gasteiger partial charge is 0.265 e. The van der Waals surface area contributed by atoms with Gasteiger partial charge in [0.2, 0.25) is 5.91 Å². The Labute approximate surface area is 130 Å². The molecule has 6 heteroatoms. The molecule has 2 aliphatic heterocycles. The first-order valence-corrected chi connectivity index (χ1v) is 8.05. The Balaban J connectivity index is 1.58. The molecule has 4 rings (SSSR count). The minimum Gasteiger partial charge on any atom is -0.347 e. The Bertz CT molecular complexity index is 764. The molecule has 0 bridgehead atoms. The normalized spacial score (nSPS) is 19.9. The van der Waals surface area contributed by atoms with Gasteiger partial charge in [0, 0.05) is 29.6 Å². The van der Waals surface area contributed by atoms with Gasteiger partial charge in [-0.05, 0) is 12.5 Å². The van der Waals surface area contributed by atoms with Crippen LogP contribution in [0.2, 0.25) is 5.02 Å². The molecule has 0 radical (unpaired) electrons. The zero-order chi connectivity index (χ0) is 14.6. The number of carbonyl (C=O) groups is 2. The summed E-state index contributed by atoms with van der Waals surface area (Å²) in [5.41, 5.74) is -0.185. The van der Waals surface area contributed by atoms with E-state index in [1.165, 1.54) is 11.3 Å². The molecular weight excluding hydrogens is 308 g/mol. The van der Waals surface area contributed by atoms with Crippen LogP contribution in [0, 0.1) is 0 Å². The van der Waals surface area contributed by atoms with E-state index in [-0.39, 0.29) is 17.4 Å². The average Bonchev–Trinajstić information content (AvgIpc) is 2.99. The molecule has 0 saturated carbocycles. The van der Waals surface area contributed by atoms with Crippen molar-refractivity contribution in [2.24, 2.45) is 0 Å². The number of nitrogens with one attached hydrogen (secondary N) is 1. The number of nitrogens with zero attached hydrogens (tertiary/aromatic N) is 1. The number of rotatable bonds is 1. The molecule has 0 aliphatic carbocycles. The monoisotopic (exact) mass is 320 g/mol. The van der Waals surface area contributed by atoms with E-state index in [1.54, 1.807) is 4.90 Å². The Morgan fingerprint density at radius 1 is 1.33 bits per heavy atom. The third kappa shape index (κ3) is 1.95. The van der Waals surface area contributed by atoms with Crippen molar-refractivity contribution in [3.63, 3.8) is 0 Å². The van der Waals surface area contributed by atoms with Crippen LogP contribution in [-0.4, -0.2) is 35.3 Å². The van der Waals surface area contributed by atoms with Gasteiger partial charge < -0.3 is 10.2 Å². The largest absolute Gasteiger partial charge is 0.347 e. The van der Waals surface area contributed by atoms with Crippen LogP contribution in [0.25, 0.3) is 10.1 Å². The third-order valence-electron chi connectivity index (χ3n) is 4.24. The van der Waals surface area contributed by atoms with Gasteiger partial charge >= 0.3 is 0 Å². The molecule has 21 heavy (non-hydrogen) atoms. The minimum absolute atomic E-state index is 0.0343. The highest BCUT2D eigenvalue weighted by molar-refractivity contribution is 7.21. The minimum atomic E-state index is -0.185. The topological polar surface area (TPSA) is 49.4 Å². The van der Waals surface area contributed by atoms with Crippen molar-refractivity contribution >= 4 is 44.8 Å². The molecule has 2 amide bonds. The predicted molar refractivity (Wildman–Crippen MR) is 82.8 cm³/mol. The lowest BCUT2D eigenvalue weighted by molar-refractivity contribution is -0.120. The number of hydrogen-bond donors (Lipinski definition) is 1. The number of amides is 2. The van der Waals surface area contributed by atoms with Crippen LogP contribution in [0.5, 0.6) is 0 Å². The highest BCUT2D eigenvalue weighted by atomic mass is 35.5. The summed E-state index contributed by atoms with van der Waals surface area (Å²) in [7, 11) is 0. The number of hydrogen-bond acceptors (Lipinski definition) is 3. The fourth-order valence-corrected chi connectivity index (χ4v) is 4.61. The van der Waals surface area contributed by atoms with Crippen molar-refractivity contribution in [2.45, 2.75) is 18.4 Å². The number of fused-ring (bicyclic) bond motifs is 1. The van der Waals surface area contributed by atoms with E-state index in [0.29, 0.717) is 29.4 Å². The Kier molecular flexibility index (Phi) is 2.78. The molecule has 1 N–H and O–H groups in total. The van der Waals surface area contributed by atoms with Crippen molar-refractivity contribution in [1.82, 2.24) is 10.2 Å². The lowest BCUT2D eigenvalue weighted by atomic mass is 9.88. The van der Waals surface area contributed by atoms with Gasteiger partial charge in [-0.2, -0.15) is 0 Å². The number of benzene rings is 1. The lowest BCUT2D eigenvalue weighted by Gasteiger charge is -2.47. The SMILES string of the molecule is O=C1CCC2(CN(C(=O)c3sc4ccccc4c3Cl)C2)N1. The summed E-state index contributed by atoms with van der Waals surface area (Å²) in [6, 6.07) is 7.76. The molecule has 1 aromatic heterocycles. The summed E-state index contributed by atoms with van der Waals surface area (Å²) in [6.45, 7) is 1.17. The molecule has 0 atom stereocenters. The molecule has 1 aromatic carbocycles. The van der Waals surface area contributed by atoms with Crippen molar-refractivity contribution in [2.75, 3.05) is 13.1 Å². The number of likely N-dealkylation sites (tertiary alicyclic amines) is 1. The first kappa shape index (κ1) is 13.1. The second-order valence-electron chi connectivity index (χ2n) is 5.73. The van der Waals surface area contributed by atoms with E-state index < -0.39 is 0 Å². The molecule has 1 spiro atoms. The van der Waals surface area contributed by atoms with Gasteiger partial charge in [0.1, 0.15) is 4.88 Å². The van der Waals surface area contributed by atoms with Crippen LogP contribution >= 0.6 is 22.9 Å². The van der Waals surface area contributed by atoms with Gasteiger partial charge in [-0.25, -0.2) is 0 Å². The van der Waals surface area contributed by atoms with Crippen molar-refractivity contribution in [3.05, 3.63) is 34.2 Å². The van der Waals surface area contributed by atoms with Crippen LogP contribution in [0.3, 0.4) is 0 Å². The summed E-state index contributed by atoms with van der Waals surface area (Å²) in [5.74, 6) is 0.0509. The first-order valence-electron chi connectivity index (χ1n) is 6.85. The number of carbonyl (C=O) groups excluding carboxylic acids is 2. The van der Waals surface area contributed by atoms with E-state index in [9.17, 15) is 9.59 Å². The van der Waals surface area contributed by atoms with E-state index >= 15 is 0 Å². The van der Waals surface area contributed by atoms with Crippen molar-refractivity contribution in [1.29, 1.82) is 0 Å². The van der Waals surface area contributed by atoms with Crippen LogP contribution < -0.4 is 5.32 Å². The van der Waals surface area contributed by atoms with Gasteiger partial charge in [0.15, 0.2) is 0 Å². The number of thiophene rings is 1. The molecule has 4 nitrogen and oxygen atoms in total. The second-order valence-corrected chi connectivity index (χ2v) is 7.16. The van der Waals surface area contributed by atoms with E-state index in [4.69, 9.17) is 11.6 Å². The first-order chi connectivity index (χ1) is 10.1. The molecule has 2 fully saturated rings. The third-order valence-corrected chi connectivity index (χ3v) is 5.90. The zero-order valence-electron chi connectivity index (χ0n) is 11.2. The van der Waals surface area contributed by atoms with Gasteiger partial charge in [-0.1, -0.05) is 29.8 Å². The molecular formula is C15H13ClN2O2S. The Morgan fingerprint density at radius 2 is 2.10 bits per heavy atom. The molecule has 3 heterocycles. The molecule has 2 saturated heterocycles. The highest BCUT2D eigenvalue weighted by Gasteiger charge is 2.49. The van der Waals surface area contributed by atoms with Crippen LogP contribution in [0.1, 0.15) is 22.5 Å². The van der Waals surface area contributed by atoms with E-state index in [0.717, 1.165) is 16.5 Å². The Hall–Kier alpha value is -1.59. The maximum atomic E-state index is 12.6. The fraction of sp³-hybridized carbons (Fsp3) is 0.333. The van der Waals surface area contributed by atoms with Crippen LogP contribution in [0.15, 0.2) is 24.3 Å². The highest BCUT2D eigenvalue weighted by Crippen LogP contribution is 2.38. The van der Waals surface area contributed by atoms with Crippen LogP contribution in [0.4, 0.5) is 0 Å². The van der Waals surface area contributed by atoms with Crippen molar-refractivity contribution in [3.8, 4) is 0 Å². The summed E-state index contributed by atoms with van der Waals surface area (Å²) in [5, 5.41) is 4.45. The maximum Gasteiger partial charge on any atom is 0.265 e. The molecule has 0 unspecified atom stereocenters. The van der Waals surface area contributed by atoms with Gasteiger partial charge in [-0.3, -0.25) is 9.59 Å². The molecule has 2 aliphatic rings. The Morgan fingerprint density at radius 3 is 2.76 bits per heavy atom. The fourth-order valence-electron chi connectivity index (χ4n) is 3.13. The van der Waals surface area contributed by atoms with Gasteiger partial charge in [0.25, 0.3) is 5.91 Å². The summed E-state index contributed by atoms with van der Waals surface area (Å²) in [4.78, 5) is 26.3. The second kappa shape index (κ2) is 4.45. The average molecular weight is 321 g/mol.